The summed E-state index contributed by atoms with van der Waals surface area (Å²) in [7, 11) is 0. The maximum atomic E-state index is 11.9. The van der Waals surface area contributed by atoms with Crippen LogP contribution in [0.5, 0.6) is 0 Å². The Morgan fingerprint density at radius 1 is 1.56 bits per heavy atom. The lowest BCUT2D eigenvalue weighted by Gasteiger charge is -2.18. The predicted molar refractivity (Wildman–Crippen MR) is 76.1 cm³/mol. The second kappa shape index (κ2) is 7.06. The number of carbonyl (C=O) groups excluding carboxylic acids is 1. The van der Waals surface area contributed by atoms with Crippen LogP contribution in [-0.4, -0.2) is 22.4 Å². The second-order valence-corrected chi connectivity index (χ2v) is 5.00. The Bertz CT molecular complexity index is 406. The van der Waals surface area contributed by atoms with E-state index in [1.807, 2.05) is 26.0 Å². The van der Waals surface area contributed by atoms with Gasteiger partial charge < -0.3 is 11.1 Å². The van der Waals surface area contributed by atoms with Gasteiger partial charge in [-0.15, -0.1) is 0 Å². The predicted octanol–water partition coefficient (Wildman–Crippen LogP) is 1.30. The number of nitrogens with zero attached hydrogens (tertiary/aromatic N) is 1. The molecular weight excluding hydrogens is 246 g/mol. The Labute approximate surface area is 113 Å². The Morgan fingerprint density at radius 3 is 2.78 bits per heavy atom. The van der Waals surface area contributed by atoms with Crippen LogP contribution in [0.4, 0.5) is 0 Å². The molecule has 1 aromatic heterocycles. The fraction of sp³-hybridized carbons (Fsp3) is 0.462. The molecule has 0 fully saturated rings. The van der Waals surface area contributed by atoms with E-state index in [-0.39, 0.29) is 16.8 Å². The van der Waals surface area contributed by atoms with Gasteiger partial charge in [0.05, 0.1) is 10.9 Å². The third-order valence-electron chi connectivity index (χ3n) is 2.69. The first kappa shape index (κ1) is 14.6. The first-order valence-corrected chi connectivity index (χ1v) is 6.39. The monoisotopic (exact) mass is 265 g/mol. The molecule has 0 aromatic carbocycles. The van der Waals surface area contributed by atoms with Crippen molar-refractivity contribution in [1.29, 1.82) is 0 Å². The normalized spacial score (nSPS) is 12.2. The smallest absolute Gasteiger partial charge is 0.230 e. The molecule has 5 heteroatoms. The van der Waals surface area contributed by atoms with E-state index < -0.39 is 5.92 Å². The molecule has 0 spiro atoms. The number of thiocarbonyl (C=S) groups is 1. The third-order valence-corrected chi connectivity index (χ3v) is 2.95. The van der Waals surface area contributed by atoms with Gasteiger partial charge in [0.15, 0.2) is 0 Å². The molecule has 1 unspecified atom stereocenters. The zero-order valence-electron chi connectivity index (χ0n) is 10.7. The lowest BCUT2D eigenvalue weighted by Crippen LogP contribution is -2.41. The highest BCUT2D eigenvalue weighted by Crippen LogP contribution is 2.11. The molecule has 98 valence electrons. The zero-order valence-corrected chi connectivity index (χ0v) is 11.5. The van der Waals surface area contributed by atoms with Crippen molar-refractivity contribution in [2.75, 3.05) is 6.54 Å². The number of amides is 1. The number of rotatable bonds is 6. The number of pyridine rings is 1. The molecule has 4 nitrogen and oxygen atoms in total. The summed E-state index contributed by atoms with van der Waals surface area (Å²) in [5, 5.41) is 2.86. The van der Waals surface area contributed by atoms with Gasteiger partial charge in [0.2, 0.25) is 5.91 Å². The minimum Gasteiger partial charge on any atom is -0.393 e. The highest BCUT2D eigenvalue weighted by atomic mass is 32.1. The molecule has 0 bridgehead atoms. The van der Waals surface area contributed by atoms with Crippen molar-refractivity contribution in [2.24, 2.45) is 17.6 Å². The molecule has 1 heterocycles. The van der Waals surface area contributed by atoms with E-state index in [0.717, 1.165) is 12.0 Å². The van der Waals surface area contributed by atoms with Crippen molar-refractivity contribution in [3.05, 3.63) is 30.1 Å². The SMILES string of the molecule is CC(C)C(C(=O)NCCc1cccnc1)C(N)=S. The summed E-state index contributed by atoms with van der Waals surface area (Å²) in [4.78, 5) is 16.2. The average Bonchev–Trinajstić information content (AvgIpc) is 2.29. The van der Waals surface area contributed by atoms with Crippen LogP contribution in [0.1, 0.15) is 19.4 Å². The van der Waals surface area contributed by atoms with Crippen molar-refractivity contribution < 1.29 is 4.79 Å². The molecule has 0 saturated heterocycles. The van der Waals surface area contributed by atoms with Crippen LogP contribution in [0.25, 0.3) is 0 Å². The molecule has 1 atom stereocenters. The van der Waals surface area contributed by atoms with Crippen LogP contribution >= 0.6 is 12.2 Å². The lowest BCUT2D eigenvalue weighted by molar-refractivity contribution is -0.123. The van der Waals surface area contributed by atoms with E-state index in [2.05, 4.69) is 10.3 Å². The van der Waals surface area contributed by atoms with Crippen LogP contribution in [0.2, 0.25) is 0 Å². The van der Waals surface area contributed by atoms with Gasteiger partial charge in [0.1, 0.15) is 0 Å². The standard InChI is InChI=1S/C13H19N3OS/c1-9(2)11(12(14)18)13(17)16-7-5-10-4-3-6-15-8-10/h3-4,6,8-9,11H,5,7H2,1-2H3,(H2,14,18)(H,16,17). The Hall–Kier alpha value is -1.49. The van der Waals surface area contributed by atoms with Crippen molar-refractivity contribution >= 4 is 23.1 Å². The number of aromatic nitrogens is 1. The van der Waals surface area contributed by atoms with Gasteiger partial charge in [-0.2, -0.15) is 0 Å². The molecule has 0 saturated carbocycles. The van der Waals surface area contributed by atoms with Crippen LogP contribution in [0.15, 0.2) is 24.5 Å². The maximum absolute atomic E-state index is 11.9. The number of nitrogens with two attached hydrogens (primary N) is 1. The zero-order chi connectivity index (χ0) is 13.5. The van der Waals surface area contributed by atoms with E-state index in [1.165, 1.54) is 0 Å². The minimum atomic E-state index is -0.395. The molecule has 0 aliphatic rings. The van der Waals surface area contributed by atoms with Gasteiger partial charge in [0, 0.05) is 18.9 Å². The highest BCUT2D eigenvalue weighted by molar-refractivity contribution is 7.80. The van der Waals surface area contributed by atoms with Gasteiger partial charge in [-0.25, -0.2) is 0 Å². The summed E-state index contributed by atoms with van der Waals surface area (Å²) in [6.07, 6.45) is 4.27. The number of carbonyl (C=O) groups is 1. The van der Waals surface area contributed by atoms with E-state index in [4.69, 9.17) is 18.0 Å². The Morgan fingerprint density at radius 2 is 2.28 bits per heavy atom. The summed E-state index contributed by atoms with van der Waals surface area (Å²) < 4.78 is 0. The third kappa shape index (κ3) is 4.41. The maximum Gasteiger partial charge on any atom is 0.230 e. The molecular formula is C13H19N3OS. The van der Waals surface area contributed by atoms with Gasteiger partial charge in [-0.05, 0) is 24.0 Å². The first-order valence-electron chi connectivity index (χ1n) is 5.98. The number of hydrogen-bond donors (Lipinski definition) is 2. The number of nitrogens with one attached hydrogen (secondary N) is 1. The summed E-state index contributed by atoms with van der Waals surface area (Å²) in [6, 6.07) is 3.86. The molecule has 0 aliphatic carbocycles. The van der Waals surface area contributed by atoms with Crippen molar-refractivity contribution in [2.45, 2.75) is 20.3 Å². The fourth-order valence-corrected chi connectivity index (χ4v) is 2.13. The lowest BCUT2D eigenvalue weighted by atomic mass is 9.95. The molecule has 0 radical (unpaired) electrons. The average molecular weight is 265 g/mol. The second-order valence-electron chi connectivity index (χ2n) is 4.53. The molecule has 18 heavy (non-hydrogen) atoms. The minimum absolute atomic E-state index is 0.0959. The van der Waals surface area contributed by atoms with Crippen LogP contribution in [0, 0.1) is 11.8 Å². The molecule has 1 amide bonds. The van der Waals surface area contributed by atoms with Gasteiger partial charge in [-0.1, -0.05) is 32.1 Å². The first-order chi connectivity index (χ1) is 8.52. The van der Waals surface area contributed by atoms with Gasteiger partial charge >= 0.3 is 0 Å². The van der Waals surface area contributed by atoms with Crippen LogP contribution < -0.4 is 11.1 Å². The molecule has 3 N–H and O–H groups in total. The van der Waals surface area contributed by atoms with Gasteiger partial charge in [0.25, 0.3) is 0 Å². The van der Waals surface area contributed by atoms with E-state index in [1.54, 1.807) is 12.4 Å². The highest BCUT2D eigenvalue weighted by Gasteiger charge is 2.24. The van der Waals surface area contributed by atoms with E-state index in [0.29, 0.717) is 6.54 Å². The summed E-state index contributed by atoms with van der Waals surface area (Å²) in [5.41, 5.74) is 6.67. The van der Waals surface area contributed by atoms with Crippen molar-refractivity contribution in [1.82, 2.24) is 10.3 Å². The number of hydrogen-bond acceptors (Lipinski definition) is 3. The molecule has 1 rings (SSSR count). The molecule has 1 aromatic rings. The fourth-order valence-electron chi connectivity index (χ4n) is 1.75. The summed E-state index contributed by atoms with van der Waals surface area (Å²) in [5.74, 6) is -0.379. The van der Waals surface area contributed by atoms with E-state index >= 15 is 0 Å². The van der Waals surface area contributed by atoms with E-state index in [9.17, 15) is 4.79 Å². The van der Waals surface area contributed by atoms with Gasteiger partial charge in [-0.3, -0.25) is 9.78 Å². The topological polar surface area (TPSA) is 68.0 Å². The summed E-state index contributed by atoms with van der Waals surface area (Å²) in [6.45, 7) is 4.44. The van der Waals surface area contributed by atoms with Crippen molar-refractivity contribution in [3.63, 3.8) is 0 Å². The largest absolute Gasteiger partial charge is 0.393 e. The van der Waals surface area contributed by atoms with Crippen molar-refractivity contribution in [3.8, 4) is 0 Å². The molecule has 0 aliphatic heterocycles. The Balaban J connectivity index is 2.43. The van der Waals surface area contributed by atoms with Crippen LogP contribution in [-0.2, 0) is 11.2 Å². The Kier molecular flexibility index (Phi) is 5.71. The van der Waals surface area contributed by atoms with Crippen LogP contribution in [0.3, 0.4) is 0 Å². The quantitative estimate of drug-likeness (QED) is 0.761. The summed E-state index contributed by atoms with van der Waals surface area (Å²) >= 11 is 4.92.